The lowest BCUT2D eigenvalue weighted by molar-refractivity contribution is -0.117. The molecule has 0 aliphatic carbocycles. The third kappa shape index (κ3) is 3.40. The summed E-state index contributed by atoms with van der Waals surface area (Å²) in [5.41, 5.74) is 5.79. The lowest BCUT2D eigenvalue weighted by atomic mass is 10.2. The second-order valence-electron chi connectivity index (χ2n) is 3.39. The smallest absolute Gasteiger partial charge is 0.242 e. The zero-order valence-electron chi connectivity index (χ0n) is 9.43. The first-order chi connectivity index (χ1) is 8.08. The predicted octanol–water partition coefficient (Wildman–Crippen LogP) is 0.690. The third-order valence-corrected chi connectivity index (χ3v) is 2.14. The first kappa shape index (κ1) is 12.9. The van der Waals surface area contributed by atoms with Gasteiger partial charge < -0.3 is 20.9 Å². The van der Waals surface area contributed by atoms with Gasteiger partial charge in [0.25, 0.3) is 0 Å². The Hall–Kier alpha value is -2.19. The van der Waals surface area contributed by atoms with Crippen LogP contribution in [-0.2, 0) is 4.79 Å². The summed E-state index contributed by atoms with van der Waals surface area (Å²) in [6.07, 6.45) is 5.19. The molecule has 0 aromatic heterocycles. The van der Waals surface area contributed by atoms with E-state index in [1.807, 2.05) is 0 Å². The zero-order chi connectivity index (χ0) is 12.8. The number of nitrogens with one attached hydrogen (secondary N) is 1. The van der Waals surface area contributed by atoms with Gasteiger partial charge in [0, 0.05) is 12.5 Å². The molecule has 5 nitrogen and oxygen atoms in total. The van der Waals surface area contributed by atoms with E-state index in [-0.39, 0.29) is 17.9 Å². The summed E-state index contributed by atoms with van der Waals surface area (Å²) in [6, 6.07) is 3.74. The lowest BCUT2D eigenvalue weighted by Crippen LogP contribution is -2.35. The Morgan fingerprint density at radius 3 is 2.94 bits per heavy atom. The number of nitrogens with two attached hydrogens (primary N) is 1. The van der Waals surface area contributed by atoms with Crippen LogP contribution in [0.3, 0.4) is 0 Å². The molecule has 1 unspecified atom stereocenters. The minimum Gasteiger partial charge on any atom is -0.506 e. The van der Waals surface area contributed by atoms with Crippen LogP contribution in [0.5, 0.6) is 11.5 Å². The minimum absolute atomic E-state index is 0.0920. The molecule has 0 aliphatic heterocycles. The van der Waals surface area contributed by atoms with Crippen LogP contribution >= 0.6 is 0 Å². The summed E-state index contributed by atoms with van der Waals surface area (Å²) in [5, 5.41) is 12.1. The Morgan fingerprint density at radius 2 is 2.41 bits per heavy atom. The molecule has 0 aliphatic rings. The Kier molecular flexibility index (Phi) is 4.37. The van der Waals surface area contributed by atoms with Crippen LogP contribution in [0.25, 0.3) is 0 Å². The summed E-state index contributed by atoms with van der Waals surface area (Å²) in [7, 11) is 1.48. The molecule has 1 amide bonds. The molecule has 1 aromatic rings. The minimum atomic E-state index is -0.790. The molecule has 0 spiro atoms. The van der Waals surface area contributed by atoms with Gasteiger partial charge in [0.05, 0.1) is 18.8 Å². The largest absolute Gasteiger partial charge is 0.506 e. The number of rotatable bonds is 4. The number of aromatic hydroxyl groups is 1. The molecule has 1 rings (SSSR count). The van der Waals surface area contributed by atoms with E-state index in [0.29, 0.717) is 5.75 Å². The van der Waals surface area contributed by atoms with Crippen molar-refractivity contribution in [2.75, 3.05) is 12.4 Å². The summed E-state index contributed by atoms with van der Waals surface area (Å²) in [5.74, 6) is 2.26. The van der Waals surface area contributed by atoms with Crippen molar-refractivity contribution in [1.82, 2.24) is 0 Å². The molecule has 4 N–H and O–H groups in total. The fourth-order valence-corrected chi connectivity index (χ4v) is 1.19. The third-order valence-electron chi connectivity index (χ3n) is 2.14. The van der Waals surface area contributed by atoms with Gasteiger partial charge in [-0.05, 0) is 12.1 Å². The van der Waals surface area contributed by atoms with Crippen LogP contribution in [0.4, 0.5) is 5.69 Å². The Labute approximate surface area is 99.6 Å². The molecule has 17 heavy (non-hydrogen) atoms. The van der Waals surface area contributed by atoms with E-state index in [2.05, 4.69) is 11.2 Å². The molecular weight excluding hydrogens is 220 g/mol. The fourth-order valence-electron chi connectivity index (χ4n) is 1.19. The van der Waals surface area contributed by atoms with Crippen LogP contribution in [0.15, 0.2) is 18.2 Å². The molecule has 0 radical (unpaired) electrons. The van der Waals surface area contributed by atoms with E-state index in [0.717, 1.165) is 0 Å². The number of phenols is 1. The molecule has 0 bridgehead atoms. The molecule has 0 saturated carbocycles. The van der Waals surface area contributed by atoms with Gasteiger partial charge in [-0.1, -0.05) is 0 Å². The van der Waals surface area contributed by atoms with E-state index in [1.165, 1.54) is 19.2 Å². The van der Waals surface area contributed by atoms with E-state index >= 15 is 0 Å². The topological polar surface area (TPSA) is 84.6 Å². The molecule has 1 aromatic carbocycles. The van der Waals surface area contributed by atoms with Crippen LogP contribution in [0.1, 0.15) is 6.42 Å². The number of terminal acetylenes is 1. The summed E-state index contributed by atoms with van der Waals surface area (Å²) >= 11 is 0. The number of hydrogen-bond acceptors (Lipinski definition) is 4. The number of carbonyl (C=O) groups excluding carboxylic acids is 1. The van der Waals surface area contributed by atoms with Crippen molar-refractivity contribution in [3.05, 3.63) is 18.2 Å². The quantitative estimate of drug-likeness (QED) is 0.528. The maximum absolute atomic E-state index is 11.5. The summed E-state index contributed by atoms with van der Waals surface area (Å²) in [6.45, 7) is 0. The lowest BCUT2D eigenvalue weighted by Gasteiger charge is -2.11. The Balaban J connectivity index is 2.76. The highest BCUT2D eigenvalue weighted by atomic mass is 16.5. The number of anilines is 1. The molecule has 1 atom stereocenters. The number of carbonyl (C=O) groups is 1. The first-order valence-electron chi connectivity index (χ1n) is 4.95. The number of methoxy groups -OCH3 is 1. The summed E-state index contributed by atoms with van der Waals surface area (Å²) < 4.78 is 4.92. The van der Waals surface area contributed by atoms with Gasteiger partial charge in [-0.15, -0.1) is 12.3 Å². The number of benzene rings is 1. The van der Waals surface area contributed by atoms with Gasteiger partial charge in [0.2, 0.25) is 5.91 Å². The van der Waals surface area contributed by atoms with Crippen molar-refractivity contribution < 1.29 is 14.6 Å². The van der Waals surface area contributed by atoms with Crippen molar-refractivity contribution in [1.29, 1.82) is 0 Å². The van der Waals surface area contributed by atoms with E-state index in [4.69, 9.17) is 16.9 Å². The number of phenolic OH excluding ortho intramolecular Hbond substituents is 1. The summed E-state index contributed by atoms with van der Waals surface area (Å²) in [4.78, 5) is 11.5. The van der Waals surface area contributed by atoms with Crippen molar-refractivity contribution >= 4 is 11.6 Å². The van der Waals surface area contributed by atoms with Gasteiger partial charge in [-0.25, -0.2) is 0 Å². The monoisotopic (exact) mass is 234 g/mol. The van der Waals surface area contributed by atoms with Gasteiger partial charge in [0.1, 0.15) is 11.5 Å². The average Bonchev–Trinajstić information content (AvgIpc) is 2.31. The van der Waals surface area contributed by atoms with Crippen LogP contribution in [-0.4, -0.2) is 24.2 Å². The molecular formula is C12H14N2O3. The maximum atomic E-state index is 11.5. The molecule has 0 saturated heterocycles. The van der Waals surface area contributed by atoms with Crippen LogP contribution in [0.2, 0.25) is 0 Å². The molecule has 0 fully saturated rings. The van der Waals surface area contributed by atoms with Crippen molar-refractivity contribution in [2.45, 2.75) is 12.5 Å². The first-order valence-corrected chi connectivity index (χ1v) is 4.95. The van der Waals surface area contributed by atoms with E-state index in [1.54, 1.807) is 6.07 Å². The SMILES string of the molecule is C#CCC(N)C(=O)Nc1ccc(OC)cc1O. The van der Waals surface area contributed by atoms with Crippen molar-refractivity contribution in [3.8, 4) is 23.8 Å². The second kappa shape index (κ2) is 5.77. The standard InChI is InChI=1S/C12H14N2O3/c1-3-4-9(13)12(16)14-10-6-5-8(17-2)7-11(10)15/h1,5-7,9,15H,4,13H2,2H3,(H,14,16). The van der Waals surface area contributed by atoms with E-state index < -0.39 is 11.9 Å². The Bertz CT molecular complexity index is 452. The molecule has 90 valence electrons. The molecule has 0 heterocycles. The molecule has 5 heteroatoms. The highest BCUT2D eigenvalue weighted by molar-refractivity contribution is 5.96. The zero-order valence-corrected chi connectivity index (χ0v) is 9.43. The van der Waals surface area contributed by atoms with Crippen LogP contribution < -0.4 is 15.8 Å². The number of hydrogen-bond donors (Lipinski definition) is 3. The number of amides is 1. The highest BCUT2D eigenvalue weighted by Gasteiger charge is 2.14. The highest BCUT2D eigenvalue weighted by Crippen LogP contribution is 2.27. The average molecular weight is 234 g/mol. The van der Waals surface area contributed by atoms with Gasteiger partial charge in [-0.3, -0.25) is 4.79 Å². The fraction of sp³-hybridized carbons (Fsp3) is 0.250. The van der Waals surface area contributed by atoms with Crippen molar-refractivity contribution in [2.24, 2.45) is 5.73 Å². The van der Waals surface area contributed by atoms with E-state index in [9.17, 15) is 9.90 Å². The van der Waals surface area contributed by atoms with Gasteiger partial charge in [-0.2, -0.15) is 0 Å². The maximum Gasteiger partial charge on any atom is 0.242 e. The van der Waals surface area contributed by atoms with Crippen molar-refractivity contribution in [3.63, 3.8) is 0 Å². The van der Waals surface area contributed by atoms with Gasteiger partial charge >= 0.3 is 0 Å². The second-order valence-corrected chi connectivity index (χ2v) is 3.39. The van der Waals surface area contributed by atoms with Crippen LogP contribution in [0, 0.1) is 12.3 Å². The number of ether oxygens (including phenoxy) is 1. The van der Waals surface area contributed by atoms with Gasteiger partial charge in [0.15, 0.2) is 0 Å². The predicted molar refractivity (Wildman–Crippen MR) is 64.7 cm³/mol. The Morgan fingerprint density at radius 1 is 1.71 bits per heavy atom. The normalized spacial score (nSPS) is 11.4.